The lowest BCUT2D eigenvalue weighted by Crippen LogP contribution is -2.36. The van der Waals surface area contributed by atoms with Crippen LogP contribution in [0, 0.1) is 10.1 Å². The van der Waals surface area contributed by atoms with Gasteiger partial charge in [-0.15, -0.1) is 0 Å². The Balaban J connectivity index is 2.89. The van der Waals surface area contributed by atoms with Crippen LogP contribution in [-0.4, -0.2) is 39.6 Å². The Kier molecular flexibility index (Phi) is 5.14. The molecule has 1 amide bonds. The van der Waals surface area contributed by atoms with Gasteiger partial charge in [0.1, 0.15) is 11.8 Å². The second kappa shape index (κ2) is 6.42. The predicted octanol–water partition coefficient (Wildman–Crippen LogP) is 1.33. The van der Waals surface area contributed by atoms with E-state index in [0.717, 1.165) is 6.07 Å². The zero-order valence-electron chi connectivity index (χ0n) is 10.9. The second-order valence-electron chi connectivity index (χ2n) is 4.45. The Labute approximate surface area is 113 Å². The van der Waals surface area contributed by atoms with Crippen LogP contribution in [0.25, 0.3) is 0 Å². The van der Waals surface area contributed by atoms with Crippen molar-refractivity contribution in [3.63, 3.8) is 0 Å². The average Bonchev–Trinajstić information content (AvgIpc) is 2.80. The fourth-order valence-corrected chi connectivity index (χ4v) is 1.55. The fraction of sp³-hybridized carbons (Fsp3) is 0.545. The molecule has 0 aliphatic rings. The summed E-state index contributed by atoms with van der Waals surface area (Å²) in [6.07, 6.45) is -3.75. The van der Waals surface area contributed by atoms with Crippen LogP contribution in [0.15, 0.2) is 12.3 Å². The largest absolute Gasteiger partial charge is 0.385 e. The molecular weight excluding hydrogens is 276 g/mol. The number of aliphatic hydroxyl groups excluding tert-OH is 1. The van der Waals surface area contributed by atoms with Crippen LogP contribution in [0.5, 0.6) is 0 Å². The minimum Gasteiger partial charge on any atom is -0.385 e. The molecule has 0 saturated carbocycles. The van der Waals surface area contributed by atoms with Crippen LogP contribution < -0.4 is 5.32 Å². The smallest absolute Gasteiger partial charge is 0.287 e. The molecule has 0 spiro atoms. The molecule has 1 unspecified atom stereocenters. The molecule has 7 nitrogen and oxygen atoms in total. The van der Waals surface area contributed by atoms with E-state index in [2.05, 4.69) is 5.32 Å². The van der Waals surface area contributed by atoms with E-state index < -0.39 is 29.9 Å². The summed E-state index contributed by atoms with van der Waals surface area (Å²) in [4.78, 5) is 21.9. The lowest BCUT2D eigenvalue weighted by Gasteiger charge is -2.14. The number of nitro groups is 1. The Morgan fingerprint density at radius 1 is 1.55 bits per heavy atom. The topological polar surface area (TPSA) is 97.4 Å². The van der Waals surface area contributed by atoms with Crippen molar-refractivity contribution in [1.82, 2.24) is 9.88 Å². The number of alkyl halides is 2. The van der Waals surface area contributed by atoms with Crippen LogP contribution in [-0.2, 0) is 0 Å². The predicted molar refractivity (Wildman–Crippen MR) is 65.8 cm³/mol. The number of nitrogens with zero attached hydrogens (tertiary/aromatic N) is 2. The molecule has 1 rings (SSSR count). The molecule has 0 bridgehead atoms. The molecule has 0 aromatic carbocycles. The number of carbonyl (C=O) groups excluding carboxylic acids is 1. The van der Waals surface area contributed by atoms with Crippen molar-refractivity contribution in [1.29, 1.82) is 0 Å². The molecule has 9 heteroatoms. The third kappa shape index (κ3) is 3.73. The van der Waals surface area contributed by atoms with Crippen molar-refractivity contribution >= 4 is 11.6 Å². The standard InChI is InChI=1S/C11H15F2N3O4/c1-6(2)15-5-7(16(19)20)3-8(15)11(18)14-4-9(17)10(12)13/h3,5-6,9-10,17H,4H2,1-2H3,(H,14,18). The van der Waals surface area contributed by atoms with Gasteiger partial charge in [0.25, 0.3) is 18.0 Å². The monoisotopic (exact) mass is 291 g/mol. The van der Waals surface area contributed by atoms with Gasteiger partial charge in [0, 0.05) is 18.7 Å². The molecule has 0 saturated heterocycles. The summed E-state index contributed by atoms with van der Waals surface area (Å²) in [5.41, 5.74) is -0.286. The van der Waals surface area contributed by atoms with Crippen LogP contribution in [0.4, 0.5) is 14.5 Å². The Morgan fingerprint density at radius 3 is 2.60 bits per heavy atom. The first-order valence-corrected chi connectivity index (χ1v) is 5.84. The number of rotatable bonds is 6. The molecule has 20 heavy (non-hydrogen) atoms. The van der Waals surface area contributed by atoms with Gasteiger partial charge in [0.05, 0.1) is 11.1 Å². The van der Waals surface area contributed by atoms with Crippen LogP contribution in [0.1, 0.15) is 30.4 Å². The SMILES string of the molecule is CC(C)n1cc([N+](=O)[O-])cc1C(=O)NCC(O)C(F)F. The minimum atomic E-state index is -2.97. The van der Waals surface area contributed by atoms with E-state index in [1.807, 2.05) is 0 Å². The quantitative estimate of drug-likeness (QED) is 0.610. The number of amides is 1. The van der Waals surface area contributed by atoms with Crippen molar-refractivity contribution in [3.05, 3.63) is 28.1 Å². The number of aromatic nitrogens is 1. The van der Waals surface area contributed by atoms with Gasteiger partial charge in [-0.2, -0.15) is 0 Å². The normalized spacial score (nSPS) is 12.8. The summed E-state index contributed by atoms with van der Waals surface area (Å²) < 4.78 is 25.6. The van der Waals surface area contributed by atoms with Gasteiger partial charge in [0.2, 0.25) is 0 Å². The average molecular weight is 291 g/mol. The van der Waals surface area contributed by atoms with Crippen molar-refractivity contribution in [3.8, 4) is 0 Å². The molecule has 0 radical (unpaired) electrons. The molecular formula is C11H15F2N3O4. The molecule has 1 atom stereocenters. The molecule has 2 N–H and O–H groups in total. The van der Waals surface area contributed by atoms with E-state index in [-0.39, 0.29) is 17.4 Å². The van der Waals surface area contributed by atoms with Crippen molar-refractivity contribution < 1.29 is 23.6 Å². The van der Waals surface area contributed by atoms with Crippen LogP contribution in [0.2, 0.25) is 0 Å². The van der Waals surface area contributed by atoms with E-state index in [9.17, 15) is 23.7 Å². The Morgan fingerprint density at radius 2 is 2.15 bits per heavy atom. The van der Waals surface area contributed by atoms with Crippen molar-refractivity contribution in [2.75, 3.05) is 6.54 Å². The highest BCUT2D eigenvalue weighted by atomic mass is 19.3. The minimum absolute atomic E-state index is 0.0202. The zero-order valence-corrected chi connectivity index (χ0v) is 10.9. The van der Waals surface area contributed by atoms with Crippen LogP contribution >= 0.6 is 0 Å². The summed E-state index contributed by atoms with van der Waals surface area (Å²) in [6.45, 7) is 2.80. The van der Waals surface area contributed by atoms with Gasteiger partial charge in [-0.1, -0.05) is 0 Å². The lowest BCUT2D eigenvalue weighted by atomic mass is 10.3. The fourth-order valence-electron chi connectivity index (χ4n) is 1.55. The van der Waals surface area contributed by atoms with Gasteiger partial charge in [-0.05, 0) is 13.8 Å². The highest BCUT2D eigenvalue weighted by Crippen LogP contribution is 2.20. The zero-order chi connectivity index (χ0) is 15.4. The third-order valence-corrected chi connectivity index (χ3v) is 2.60. The molecule has 0 fully saturated rings. The molecule has 1 aromatic rings. The maximum Gasteiger partial charge on any atom is 0.287 e. The van der Waals surface area contributed by atoms with E-state index in [1.54, 1.807) is 13.8 Å². The second-order valence-corrected chi connectivity index (χ2v) is 4.45. The van der Waals surface area contributed by atoms with Gasteiger partial charge in [-0.25, -0.2) is 8.78 Å². The summed E-state index contributed by atoms with van der Waals surface area (Å²) in [5.74, 6) is -0.758. The molecule has 112 valence electrons. The number of nitrogens with one attached hydrogen (secondary N) is 1. The maximum atomic E-state index is 12.1. The summed E-state index contributed by atoms with van der Waals surface area (Å²) in [7, 11) is 0. The first-order chi connectivity index (χ1) is 9.23. The molecule has 0 aliphatic carbocycles. The Hall–Kier alpha value is -2.03. The number of hydrogen-bond acceptors (Lipinski definition) is 4. The highest BCUT2D eigenvalue weighted by molar-refractivity contribution is 5.93. The number of aliphatic hydroxyl groups is 1. The molecule has 1 aromatic heterocycles. The maximum absolute atomic E-state index is 12.1. The van der Waals surface area contributed by atoms with E-state index in [0.29, 0.717) is 0 Å². The van der Waals surface area contributed by atoms with Crippen molar-refractivity contribution in [2.24, 2.45) is 0 Å². The van der Waals surface area contributed by atoms with Crippen LogP contribution in [0.3, 0.4) is 0 Å². The van der Waals surface area contributed by atoms with Gasteiger partial charge in [0.15, 0.2) is 0 Å². The first-order valence-electron chi connectivity index (χ1n) is 5.84. The number of carbonyl (C=O) groups is 1. The van der Waals surface area contributed by atoms with E-state index >= 15 is 0 Å². The number of halogens is 2. The summed E-state index contributed by atoms with van der Waals surface area (Å²) in [5, 5.41) is 21.7. The first kappa shape index (κ1) is 16.0. The number of hydrogen-bond donors (Lipinski definition) is 2. The summed E-state index contributed by atoms with van der Waals surface area (Å²) >= 11 is 0. The van der Waals surface area contributed by atoms with Gasteiger partial charge < -0.3 is 15.0 Å². The van der Waals surface area contributed by atoms with Crippen molar-refractivity contribution in [2.45, 2.75) is 32.4 Å². The van der Waals surface area contributed by atoms with Gasteiger partial charge >= 0.3 is 0 Å². The molecule has 1 heterocycles. The summed E-state index contributed by atoms with van der Waals surface area (Å²) in [6, 6.07) is 0.842. The molecule has 0 aliphatic heterocycles. The third-order valence-electron chi connectivity index (χ3n) is 2.60. The lowest BCUT2D eigenvalue weighted by molar-refractivity contribution is -0.384. The highest BCUT2D eigenvalue weighted by Gasteiger charge is 2.23. The van der Waals surface area contributed by atoms with E-state index in [1.165, 1.54) is 10.8 Å². The Bertz CT molecular complexity index is 502. The van der Waals surface area contributed by atoms with E-state index in [4.69, 9.17) is 5.11 Å². The van der Waals surface area contributed by atoms with Gasteiger partial charge in [-0.3, -0.25) is 14.9 Å².